The summed E-state index contributed by atoms with van der Waals surface area (Å²) >= 11 is 0. The number of nitrogens with zero attached hydrogens (tertiary/aromatic N) is 1. The molecule has 5 nitrogen and oxygen atoms in total. The first kappa shape index (κ1) is 9.84. The van der Waals surface area contributed by atoms with Gasteiger partial charge in [-0.3, -0.25) is 4.79 Å². The molecule has 1 aromatic rings. The number of nitrogen functional groups attached to an aromatic ring is 1. The molecule has 0 aliphatic carbocycles. The van der Waals surface area contributed by atoms with Crippen molar-refractivity contribution in [2.24, 2.45) is 0 Å². The van der Waals surface area contributed by atoms with E-state index in [-0.39, 0.29) is 17.6 Å². The topological polar surface area (TPSA) is 81.0 Å². The van der Waals surface area contributed by atoms with Gasteiger partial charge in [0.15, 0.2) is 0 Å². The lowest BCUT2D eigenvalue weighted by Gasteiger charge is -2.17. The van der Waals surface area contributed by atoms with Gasteiger partial charge in [0.2, 0.25) is 0 Å². The Kier molecular flexibility index (Phi) is 2.04. The van der Waals surface area contributed by atoms with Gasteiger partial charge in [0.25, 0.3) is 5.56 Å². The lowest BCUT2D eigenvalue weighted by Crippen LogP contribution is -2.23. The predicted octanol–water partition coefficient (Wildman–Crippen LogP) is 0.695. The van der Waals surface area contributed by atoms with Crippen LogP contribution in [-0.4, -0.2) is 22.2 Å². The van der Waals surface area contributed by atoms with Crippen molar-refractivity contribution in [1.82, 2.24) is 9.97 Å². The first-order chi connectivity index (χ1) is 7.65. The fourth-order valence-corrected chi connectivity index (χ4v) is 2.67. The lowest BCUT2D eigenvalue weighted by molar-refractivity contribution is 0.0998. The van der Waals surface area contributed by atoms with Gasteiger partial charge in [-0.25, -0.2) is 4.98 Å². The third-order valence-corrected chi connectivity index (χ3v) is 3.66. The van der Waals surface area contributed by atoms with Crippen LogP contribution in [0.4, 0.5) is 5.82 Å². The molecule has 0 amide bonds. The van der Waals surface area contributed by atoms with E-state index in [4.69, 9.17) is 10.5 Å². The highest BCUT2D eigenvalue weighted by atomic mass is 16.5. The lowest BCUT2D eigenvalue weighted by atomic mass is 9.88. The minimum atomic E-state index is -0.134. The third kappa shape index (κ3) is 1.35. The van der Waals surface area contributed by atoms with Crippen molar-refractivity contribution in [2.45, 2.75) is 44.3 Å². The van der Waals surface area contributed by atoms with Crippen molar-refractivity contribution in [3.05, 3.63) is 21.7 Å². The predicted molar refractivity (Wildman–Crippen MR) is 59.3 cm³/mol. The van der Waals surface area contributed by atoms with E-state index in [9.17, 15) is 4.79 Å². The molecule has 2 fully saturated rings. The van der Waals surface area contributed by atoms with Crippen molar-refractivity contribution in [3.8, 4) is 0 Å². The van der Waals surface area contributed by atoms with Crippen molar-refractivity contribution in [1.29, 1.82) is 0 Å². The highest BCUT2D eigenvalue weighted by Gasteiger charge is 2.42. The molecule has 3 heterocycles. The molecule has 0 aromatic carbocycles. The molecule has 3 atom stereocenters. The Morgan fingerprint density at radius 1 is 1.50 bits per heavy atom. The van der Waals surface area contributed by atoms with E-state index in [0.29, 0.717) is 23.3 Å². The summed E-state index contributed by atoms with van der Waals surface area (Å²) in [6, 6.07) is 0. The van der Waals surface area contributed by atoms with Gasteiger partial charge in [0.05, 0.1) is 17.8 Å². The summed E-state index contributed by atoms with van der Waals surface area (Å²) in [5, 5.41) is 0. The highest BCUT2D eigenvalue weighted by molar-refractivity contribution is 5.36. The van der Waals surface area contributed by atoms with Crippen molar-refractivity contribution >= 4 is 5.82 Å². The average molecular weight is 221 g/mol. The van der Waals surface area contributed by atoms with Crippen LogP contribution in [0.15, 0.2) is 4.79 Å². The Balaban J connectivity index is 1.99. The van der Waals surface area contributed by atoms with Crippen LogP contribution < -0.4 is 11.3 Å². The molecule has 1 aromatic heterocycles. The number of aromatic amines is 1. The second-order valence-corrected chi connectivity index (χ2v) is 4.68. The fraction of sp³-hybridized carbons (Fsp3) is 0.636. The van der Waals surface area contributed by atoms with Gasteiger partial charge in [0, 0.05) is 5.92 Å². The molecular formula is C11H15N3O2. The van der Waals surface area contributed by atoms with E-state index in [2.05, 4.69) is 9.97 Å². The molecule has 0 saturated carbocycles. The van der Waals surface area contributed by atoms with Crippen LogP contribution in [-0.2, 0) is 4.74 Å². The number of H-pyrrole nitrogens is 1. The maximum atomic E-state index is 11.6. The first-order valence-electron chi connectivity index (χ1n) is 5.67. The SMILES string of the molecule is Cc1c(N)nc(C2CC3CCC2O3)[nH]c1=O. The summed E-state index contributed by atoms with van der Waals surface area (Å²) in [6.07, 6.45) is 3.72. The zero-order chi connectivity index (χ0) is 11.3. The number of aromatic nitrogens is 2. The minimum absolute atomic E-state index is 0.134. The molecular weight excluding hydrogens is 206 g/mol. The van der Waals surface area contributed by atoms with Crippen LogP contribution in [0.2, 0.25) is 0 Å². The van der Waals surface area contributed by atoms with Gasteiger partial charge in [-0.2, -0.15) is 0 Å². The third-order valence-electron chi connectivity index (χ3n) is 3.66. The number of nitrogens with one attached hydrogen (secondary N) is 1. The van der Waals surface area contributed by atoms with Crippen LogP contribution in [0.3, 0.4) is 0 Å². The number of hydrogen-bond donors (Lipinski definition) is 2. The van der Waals surface area contributed by atoms with Gasteiger partial charge in [0.1, 0.15) is 11.6 Å². The smallest absolute Gasteiger partial charge is 0.255 e. The second kappa shape index (κ2) is 3.31. The molecule has 3 unspecified atom stereocenters. The van der Waals surface area contributed by atoms with E-state index in [1.165, 1.54) is 0 Å². The van der Waals surface area contributed by atoms with Crippen LogP contribution in [0.1, 0.15) is 36.6 Å². The zero-order valence-corrected chi connectivity index (χ0v) is 9.19. The number of hydrogen-bond acceptors (Lipinski definition) is 4. The Bertz CT molecular complexity index is 483. The molecule has 3 N–H and O–H groups in total. The Labute approximate surface area is 93.0 Å². The van der Waals surface area contributed by atoms with Crippen molar-refractivity contribution < 1.29 is 4.74 Å². The highest BCUT2D eigenvalue weighted by Crippen LogP contribution is 2.43. The Morgan fingerprint density at radius 2 is 2.31 bits per heavy atom. The summed E-state index contributed by atoms with van der Waals surface area (Å²) in [6.45, 7) is 1.68. The van der Waals surface area contributed by atoms with Gasteiger partial charge in [-0.05, 0) is 26.2 Å². The largest absolute Gasteiger partial charge is 0.383 e. The number of nitrogens with two attached hydrogens (primary N) is 1. The zero-order valence-electron chi connectivity index (χ0n) is 9.19. The van der Waals surface area contributed by atoms with Gasteiger partial charge >= 0.3 is 0 Å². The Morgan fingerprint density at radius 3 is 2.88 bits per heavy atom. The summed E-state index contributed by atoms with van der Waals surface area (Å²) in [4.78, 5) is 18.7. The van der Waals surface area contributed by atoms with E-state index >= 15 is 0 Å². The quantitative estimate of drug-likeness (QED) is 0.731. The second-order valence-electron chi connectivity index (χ2n) is 4.68. The molecule has 5 heteroatoms. The van der Waals surface area contributed by atoms with E-state index in [0.717, 1.165) is 19.3 Å². The number of fused-ring (bicyclic) bond motifs is 2. The summed E-state index contributed by atoms with van der Waals surface area (Å²) in [5.74, 6) is 1.25. The molecule has 2 aliphatic heterocycles. The Hall–Kier alpha value is -1.36. The van der Waals surface area contributed by atoms with Crippen LogP contribution in [0, 0.1) is 6.92 Å². The number of anilines is 1. The van der Waals surface area contributed by atoms with Gasteiger partial charge in [-0.15, -0.1) is 0 Å². The maximum Gasteiger partial charge on any atom is 0.255 e. The van der Waals surface area contributed by atoms with E-state index in [1.807, 2.05) is 0 Å². The standard InChI is InChI=1S/C11H15N3O2/c1-5-9(12)13-10(14-11(5)15)7-4-6-2-3-8(7)16-6/h6-8H,2-4H2,1H3,(H3,12,13,14,15). The molecule has 86 valence electrons. The van der Waals surface area contributed by atoms with Gasteiger partial charge < -0.3 is 15.5 Å². The minimum Gasteiger partial charge on any atom is -0.383 e. The van der Waals surface area contributed by atoms with Crippen LogP contribution in [0.25, 0.3) is 0 Å². The summed E-state index contributed by atoms with van der Waals surface area (Å²) in [5.41, 5.74) is 6.07. The molecule has 2 bridgehead atoms. The maximum absolute atomic E-state index is 11.6. The molecule has 0 spiro atoms. The molecule has 2 saturated heterocycles. The summed E-state index contributed by atoms with van der Waals surface area (Å²) < 4.78 is 5.75. The van der Waals surface area contributed by atoms with E-state index < -0.39 is 0 Å². The van der Waals surface area contributed by atoms with Crippen LogP contribution >= 0.6 is 0 Å². The molecule has 3 rings (SSSR count). The normalized spacial score (nSPS) is 32.2. The number of rotatable bonds is 1. The van der Waals surface area contributed by atoms with E-state index in [1.54, 1.807) is 6.92 Å². The molecule has 2 aliphatic rings. The van der Waals surface area contributed by atoms with Crippen LogP contribution in [0.5, 0.6) is 0 Å². The first-order valence-corrected chi connectivity index (χ1v) is 5.67. The average Bonchev–Trinajstić information content (AvgIpc) is 2.86. The monoisotopic (exact) mass is 221 g/mol. The summed E-state index contributed by atoms with van der Waals surface area (Å²) in [7, 11) is 0. The molecule has 0 radical (unpaired) electrons. The fourth-order valence-electron chi connectivity index (χ4n) is 2.67. The molecule has 16 heavy (non-hydrogen) atoms. The number of ether oxygens (including phenoxy) is 1. The van der Waals surface area contributed by atoms with Gasteiger partial charge in [-0.1, -0.05) is 0 Å². The van der Waals surface area contributed by atoms with Crippen molar-refractivity contribution in [3.63, 3.8) is 0 Å². The van der Waals surface area contributed by atoms with Crippen molar-refractivity contribution in [2.75, 3.05) is 5.73 Å².